The molecular weight excluding hydrogens is 538 g/mol. The summed E-state index contributed by atoms with van der Waals surface area (Å²) >= 11 is 6.72. The second-order valence-electron chi connectivity index (χ2n) is 11.2. The first-order chi connectivity index (χ1) is 19.7. The molecule has 208 valence electrons. The summed E-state index contributed by atoms with van der Waals surface area (Å²) in [4.78, 5) is 15.5. The Bertz CT molecular complexity index is 1750. The number of aromatic nitrogens is 1. The molecule has 0 bridgehead atoms. The van der Waals surface area contributed by atoms with Gasteiger partial charge in [0.1, 0.15) is 18.1 Å². The number of rotatable bonds is 7. The number of halogens is 1. The topological polar surface area (TPSA) is 80.8 Å². The molecule has 41 heavy (non-hydrogen) atoms. The minimum absolute atomic E-state index is 0.0610. The Morgan fingerprint density at radius 3 is 2.37 bits per heavy atom. The van der Waals surface area contributed by atoms with E-state index < -0.39 is 5.97 Å². The second-order valence-corrected chi connectivity index (χ2v) is 11.6. The molecule has 0 fully saturated rings. The number of hydrogen-bond donors (Lipinski definition) is 2. The van der Waals surface area contributed by atoms with Gasteiger partial charge in [-0.15, -0.1) is 0 Å². The summed E-state index contributed by atoms with van der Waals surface area (Å²) < 4.78 is 17.6. The van der Waals surface area contributed by atoms with Gasteiger partial charge in [-0.1, -0.05) is 87.0 Å². The van der Waals surface area contributed by atoms with Crippen LogP contribution in [0.15, 0.2) is 78.9 Å². The zero-order valence-corrected chi connectivity index (χ0v) is 23.8. The van der Waals surface area contributed by atoms with Crippen LogP contribution in [-0.4, -0.2) is 22.9 Å². The minimum atomic E-state index is -1.03. The third-order valence-corrected chi connectivity index (χ3v) is 7.78. The van der Waals surface area contributed by atoms with E-state index in [1.807, 2.05) is 48.5 Å². The maximum absolute atomic E-state index is 12.4. The number of fused-ring (bicyclic) bond motifs is 2. The first kappa shape index (κ1) is 26.8. The molecule has 0 spiro atoms. The van der Waals surface area contributed by atoms with Crippen LogP contribution in [0.1, 0.15) is 53.5 Å². The van der Waals surface area contributed by atoms with Crippen LogP contribution in [-0.2, 0) is 18.4 Å². The van der Waals surface area contributed by atoms with Crippen molar-refractivity contribution < 1.29 is 24.1 Å². The van der Waals surface area contributed by atoms with Gasteiger partial charge in [-0.05, 0) is 45.9 Å². The lowest BCUT2D eigenvalue weighted by atomic mass is 9.87. The normalized spacial score (nSPS) is 12.6. The molecule has 1 aliphatic heterocycles. The Kier molecular flexibility index (Phi) is 6.88. The van der Waals surface area contributed by atoms with Gasteiger partial charge in [-0.25, -0.2) is 4.79 Å². The fraction of sp³-hybridized carbons (Fsp3) is 0.206. The maximum Gasteiger partial charge on any atom is 0.352 e. The Morgan fingerprint density at radius 1 is 0.976 bits per heavy atom. The summed E-state index contributed by atoms with van der Waals surface area (Å²) in [5, 5.41) is 11.5. The van der Waals surface area contributed by atoms with Gasteiger partial charge in [0.15, 0.2) is 11.5 Å². The standard InChI is InChI=1S/C34H30ClNO5/c1-34(2,3)23-11-9-20(10-12-23)18-39-27-14-13-26-31(30(32(36-26)33(37)38)21-7-5-4-6-8-21)24(27)15-22-16-28-29(17-25(22)35)41-19-40-28/h4-14,16-17,36H,15,18-19H2,1-3H3,(H,37,38). The van der Waals surface area contributed by atoms with E-state index in [9.17, 15) is 9.90 Å². The molecule has 4 aromatic carbocycles. The van der Waals surface area contributed by atoms with Crippen LogP contribution in [0.25, 0.3) is 22.0 Å². The SMILES string of the molecule is CC(C)(C)c1ccc(COc2ccc3[nH]c(C(=O)O)c(-c4ccccc4)c3c2Cc2cc3c(cc2Cl)OCO3)cc1. The fourth-order valence-electron chi connectivity index (χ4n) is 5.25. The van der Waals surface area contributed by atoms with Gasteiger partial charge in [-0.2, -0.15) is 0 Å². The number of aromatic amines is 1. The molecule has 5 aromatic rings. The van der Waals surface area contributed by atoms with E-state index in [2.05, 4.69) is 50.0 Å². The number of nitrogens with one attached hydrogen (secondary N) is 1. The van der Waals surface area contributed by atoms with E-state index in [4.69, 9.17) is 25.8 Å². The lowest BCUT2D eigenvalue weighted by Crippen LogP contribution is -2.10. The van der Waals surface area contributed by atoms with E-state index >= 15 is 0 Å². The highest BCUT2D eigenvalue weighted by molar-refractivity contribution is 6.31. The van der Waals surface area contributed by atoms with Crippen LogP contribution in [0.4, 0.5) is 0 Å². The van der Waals surface area contributed by atoms with Crippen molar-refractivity contribution in [3.05, 3.63) is 112 Å². The Morgan fingerprint density at radius 2 is 1.68 bits per heavy atom. The highest BCUT2D eigenvalue weighted by Crippen LogP contribution is 2.43. The molecule has 1 aromatic heterocycles. The number of carboxylic acid groups (broad SMARTS) is 1. The van der Waals surface area contributed by atoms with Crippen LogP contribution in [0.5, 0.6) is 17.2 Å². The second kappa shape index (κ2) is 10.5. The van der Waals surface area contributed by atoms with Crippen molar-refractivity contribution in [2.24, 2.45) is 0 Å². The van der Waals surface area contributed by atoms with Crippen molar-refractivity contribution in [3.63, 3.8) is 0 Å². The maximum atomic E-state index is 12.4. The van der Waals surface area contributed by atoms with Gasteiger partial charge in [0.25, 0.3) is 0 Å². The molecular formula is C34H30ClNO5. The van der Waals surface area contributed by atoms with Crippen LogP contribution in [0, 0.1) is 0 Å². The molecule has 2 N–H and O–H groups in total. The van der Waals surface area contributed by atoms with Crippen molar-refractivity contribution in [1.29, 1.82) is 0 Å². The van der Waals surface area contributed by atoms with Gasteiger partial charge in [-0.3, -0.25) is 0 Å². The van der Waals surface area contributed by atoms with Crippen molar-refractivity contribution in [2.45, 2.75) is 39.2 Å². The first-order valence-corrected chi connectivity index (χ1v) is 13.8. The molecule has 0 saturated carbocycles. The summed E-state index contributed by atoms with van der Waals surface area (Å²) in [6.07, 6.45) is 0.391. The smallest absolute Gasteiger partial charge is 0.352 e. The summed E-state index contributed by atoms with van der Waals surface area (Å²) in [6.45, 7) is 7.06. The van der Waals surface area contributed by atoms with Gasteiger partial charge in [0.2, 0.25) is 6.79 Å². The molecule has 0 atom stereocenters. The van der Waals surface area contributed by atoms with E-state index in [0.29, 0.717) is 46.4 Å². The molecule has 0 saturated heterocycles. The molecule has 6 rings (SSSR count). The summed E-state index contributed by atoms with van der Waals surface area (Å²) in [5.74, 6) is 0.848. The Balaban J connectivity index is 1.48. The molecule has 0 radical (unpaired) electrons. The molecule has 0 amide bonds. The van der Waals surface area contributed by atoms with Crippen LogP contribution < -0.4 is 14.2 Å². The largest absolute Gasteiger partial charge is 0.489 e. The number of H-pyrrole nitrogens is 1. The lowest BCUT2D eigenvalue weighted by molar-refractivity contribution is 0.0692. The van der Waals surface area contributed by atoms with Crippen LogP contribution >= 0.6 is 11.6 Å². The molecule has 6 nitrogen and oxygen atoms in total. The molecule has 2 heterocycles. The van der Waals surface area contributed by atoms with Gasteiger partial charge < -0.3 is 24.3 Å². The van der Waals surface area contributed by atoms with E-state index in [1.54, 1.807) is 6.07 Å². The molecule has 1 aliphatic rings. The highest BCUT2D eigenvalue weighted by atomic mass is 35.5. The van der Waals surface area contributed by atoms with Gasteiger partial charge in [0, 0.05) is 39.5 Å². The zero-order valence-electron chi connectivity index (χ0n) is 23.1. The summed E-state index contributed by atoms with van der Waals surface area (Å²) in [6, 6.07) is 25.4. The van der Waals surface area contributed by atoms with Crippen LogP contribution in [0.2, 0.25) is 5.02 Å². The lowest BCUT2D eigenvalue weighted by Gasteiger charge is -2.19. The number of hydrogen-bond acceptors (Lipinski definition) is 4. The molecule has 7 heteroatoms. The average molecular weight is 568 g/mol. The predicted octanol–water partition coefficient (Wildman–Crippen LogP) is 8.38. The highest BCUT2D eigenvalue weighted by Gasteiger charge is 2.25. The van der Waals surface area contributed by atoms with Crippen molar-refractivity contribution in [3.8, 4) is 28.4 Å². The number of carbonyl (C=O) groups is 1. The molecule has 0 aliphatic carbocycles. The van der Waals surface area contributed by atoms with Gasteiger partial charge >= 0.3 is 5.97 Å². The monoisotopic (exact) mass is 567 g/mol. The predicted molar refractivity (Wildman–Crippen MR) is 161 cm³/mol. The summed E-state index contributed by atoms with van der Waals surface area (Å²) in [7, 11) is 0. The van der Waals surface area contributed by atoms with Crippen LogP contribution in [0.3, 0.4) is 0 Å². The third kappa shape index (κ3) is 5.23. The van der Waals surface area contributed by atoms with E-state index in [0.717, 1.165) is 27.6 Å². The zero-order chi connectivity index (χ0) is 28.7. The average Bonchev–Trinajstić information content (AvgIpc) is 3.57. The van der Waals surface area contributed by atoms with E-state index in [1.165, 1.54) is 5.56 Å². The first-order valence-electron chi connectivity index (χ1n) is 13.5. The van der Waals surface area contributed by atoms with Crippen molar-refractivity contribution >= 4 is 28.5 Å². The van der Waals surface area contributed by atoms with Gasteiger partial charge in [0.05, 0.1) is 0 Å². The number of aromatic carboxylic acids is 1. The minimum Gasteiger partial charge on any atom is -0.489 e. The Hall–Kier alpha value is -4.42. The number of benzene rings is 4. The molecule has 0 unspecified atom stereocenters. The number of carboxylic acids is 1. The number of ether oxygens (including phenoxy) is 3. The quantitative estimate of drug-likeness (QED) is 0.206. The van der Waals surface area contributed by atoms with E-state index in [-0.39, 0.29) is 17.9 Å². The van der Waals surface area contributed by atoms with Crippen molar-refractivity contribution in [1.82, 2.24) is 4.98 Å². The Labute approximate surface area is 243 Å². The summed E-state index contributed by atoms with van der Waals surface area (Å²) in [5.41, 5.74) is 6.23. The fourth-order valence-corrected chi connectivity index (χ4v) is 5.47. The van der Waals surface area contributed by atoms with Crippen molar-refractivity contribution in [2.75, 3.05) is 6.79 Å². The third-order valence-electron chi connectivity index (χ3n) is 7.43.